The van der Waals surface area contributed by atoms with Crippen LogP contribution in [0.5, 0.6) is 17.2 Å². The molecule has 0 aliphatic heterocycles. The Morgan fingerprint density at radius 2 is 1.60 bits per heavy atom. The molecule has 1 fully saturated rings. The van der Waals surface area contributed by atoms with Crippen molar-refractivity contribution in [2.24, 2.45) is 0 Å². The van der Waals surface area contributed by atoms with Gasteiger partial charge in [0.1, 0.15) is 18.3 Å². The van der Waals surface area contributed by atoms with E-state index in [0.717, 1.165) is 36.4 Å². The molecule has 4 rings (SSSR count). The van der Waals surface area contributed by atoms with Gasteiger partial charge in [-0.3, -0.25) is 13.9 Å². The topological polar surface area (TPSA) is 114 Å². The lowest BCUT2D eigenvalue weighted by Crippen LogP contribution is -2.54. The minimum Gasteiger partial charge on any atom is -0.494 e. The molecule has 260 valence electrons. The lowest BCUT2D eigenvalue weighted by Gasteiger charge is -2.34. The number of anilines is 1. The van der Waals surface area contributed by atoms with Gasteiger partial charge in [-0.25, -0.2) is 8.42 Å². The second-order valence-corrected chi connectivity index (χ2v) is 14.2. The van der Waals surface area contributed by atoms with Gasteiger partial charge in [0, 0.05) is 28.7 Å². The Hall–Kier alpha value is -3.67. The molecule has 0 unspecified atom stereocenters. The summed E-state index contributed by atoms with van der Waals surface area (Å²) in [4.78, 5) is 29.6. The van der Waals surface area contributed by atoms with Crippen molar-refractivity contribution in [3.63, 3.8) is 0 Å². The van der Waals surface area contributed by atoms with Crippen LogP contribution in [0.3, 0.4) is 0 Å². The Labute approximate surface area is 293 Å². The molecular formula is C35H43Cl2N3O7S. The molecule has 0 radical (unpaired) electrons. The highest BCUT2D eigenvalue weighted by Gasteiger charge is 2.35. The summed E-state index contributed by atoms with van der Waals surface area (Å²) in [6.45, 7) is 3.44. The first kappa shape index (κ1) is 37.2. The molecule has 0 spiro atoms. The van der Waals surface area contributed by atoms with E-state index >= 15 is 0 Å². The average molecular weight is 721 g/mol. The Morgan fingerprint density at radius 3 is 2.21 bits per heavy atom. The molecular weight excluding hydrogens is 677 g/mol. The normalized spacial score (nSPS) is 14.1. The van der Waals surface area contributed by atoms with Gasteiger partial charge in [0.25, 0.3) is 10.0 Å². The maximum Gasteiger partial charge on any atom is 0.264 e. The molecule has 3 aromatic carbocycles. The van der Waals surface area contributed by atoms with E-state index in [9.17, 15) is 18.0 Å². The third-order valence-electron chi connectivity index (χ3n) is 8.35. The molecule has 0 aromatic heterocycles. The number of hydrogen-bond acceptors (Lipinski definition) is 7. The van der Waals surface area contributed by atoms with Crippen LogP contribution in [0.15, 0.2) is 65.6 Å². The lowest BCUT2D eigenvalue weighted by molar-refractivity contribution is -0.140. The number of hydrogen-bond donors (Lipinski definition) is 1. The minimum absolute atomic E-state index is 0.0159. The molecule has 0 bridgehead atoms. The third-order valence-corrected chi connectivity index (χ3v) is 10.7. The van der Waals surface area contributed by atoms with E-state index in [2.05, 4.69) is 5.32 Å². The van der Waals surface area contributed by atoms with E-state index in [-0.39, 0.29) is 34.8 Å². The molecule has 0 heterocycles. The molecule has 48 heavy (non-hydrogen) atoms. The molecule has 2 amide bonds. The first-order valence-corrected chi connectivity index (χ1v) is 18.2. The molecule has 0 saturated heterocycles. The van der Waals surface area contributed by atoms with Crippen molar-refractivity contribution in [3.05, 3.63) is 76.3 Å². The third kappa shape index (κ3) is 9.06. The molecule has 1 saturated carbocycles. The maximum atomic E-state index is 14.5. The van der Waals surface area contributed by atoms with Crippen molar-refractivity contribution in [2.75, 3.05) is 31.7 Å². The lowest BCUT2D eigenvalue weighted by atomic mass is 9.95. The number of ether oxygens (including phenoxy) is 3. The summed E-state index contributed by atoms with van der Waals surface area (Å²) in [6, 6.07) is 14.7. The number of amides is 2. The van der Waals surface area contributed by atoms with Gasteiger partial charge >= 0.3 is 0 Å². The zero-order chi connectivity index (χ0) is 34.8. The van der Waals surface area contributed by atoms with Crippen LogP contribution in [-0.4, -0.2) is 64.6 Å². The van der Waals surface area contributed by atoms with Crippen molar-refractivity contribution >= 4 is 50.7 Å². The van der Waals surface area contributed by atoms with Gasteiger partial charge in [-0.1, -0.05) is 55.5 Å². The summed E-state index contributed by atoms with van der Waals surface area (Å²) in [7, 11) is -1.50. The number of benzene rings is 3. The van der Waals surface area contributed by atoms with Crippen LogP contribution in [0.4, 0.5) is 5.69 Å². The summed E-state index contributed by atoms with van der Waals surface area (Å²) in [5.74, 6) is 0.213. The van der Waals surface area contributed by atoms with Crippen LogP contribution in [0.2, 0.25) is 10.0 Å². The van der Waals surface area contributed by atoms with Crippen LogP contribution >= 0.6 is 23.2 Å². The number of nitrogens with zero attached hydrogens (tertiary/aromatic N) is 2. The minimum atomic E-state index is -4.36. The Morgan fingerprint density at radius 1 is 0.917 bits per heavy atom. The van der Waals surface area contributed by atoms with E-state index in [4.69, 9.17) is 37.4 Å². The summed E-state index contributed by atoms with van der Waals surface area (Å²) in [5.41, 5.74) is 0.791. The molecule has 3 aromatic rings. The SMILES string of the molecule is CCOc1ccc(N(CC(=O)N(Cc2ccc(Cl)cc2Cl)[C@@H](CC)C(=O)NC2CCCCC2)S(=O)(=O)c2ccc(OC)c(OC)c2)cc1. The van der Waals surface area contributed by atoms with Gasteiger partial charge in [0.05, 0.1) is 31.4 Å². The van der Waals surface area contributed by atoms with E-state index < -0.39 is 28.5 Å². The number of carbonyl (C=O) groups is 2. The maximum absolute atomic E-state index is 14.5. The molecule has 1 aliphatic carbocycles. The van der Waals surface area contributed by atoms with E-state index in [1.165, 1.54) is 37.3 Å². The van der Waals surface area contributed by atoms with Crippen molar-refractivity contribution in [1.82, 2.24) is 10.2 Å². The fourth-order valence-corrected chi connectivity index (χ4v) is 7.70. The molecule has 1 N–H and O–H groups in total. The predicted octanol–water partition coefficient (Wildman–Crippen LogP) is 6.86. The molecule has 13 heteroatoms. The fourth-order valence-electron chi connectivity index (χ4n) is 5.81. The molecule has 1 aliphatic rings. The van der Waals surface area contributed by atoms with Crippen LogP contribution in [0, 0.1) is 0 Å². The van der Waals surface area contributed by atoms with Gasteiger partial charge in [-0.15, -0.1) is 0 Å². The number of halogens is 2. The van der Waals surface area contributed by atoms with Crippen LogP contribution in [0.1, 0.15) is 57.9 Å². The Bertz CT molecular complexity index is 1670. The van der Waals surface area contributed by atoms with Crippen molar-refractivity contribution in [2.45, 2.75) is 75.9 Å². The van der Waals surface area contributed by atoms with Gasteiger partial charge in [0.15, 0.2) is 11.5 Å². The van der Waals surface area contributed by atoms with Crippen molar-refractivity contribution < 1.29 is 32.2 Å². The van der Waals surface area contributed by atoms with Crippen LogP contribution in [0.25, 0.3) is 0 Å². The largest absolute Gasteiger partial charge is 0.494 e. The highest BCUT2D eigenvalue weighted by atomic mass is 35.5. The first-order valence-electron chi connectivity index (χ1n) is 16.0. The highest BCUT2D eigenvalue weighted by Crippen LogP contribution is 2.33. The summed E-state index contributed by atoms with van der Waals surface area (Å²) >= 11 is 12.7. The number of rotatable bonds is 15. The average Bonchev–Trinajstić information content (AvgIpc) is 3.08. The van der Waals surface area contributed by atoms with E-state index in [1.54, 1.807) is 42.5 Å². The summed E-state index contributed by atoms with van der Waals surface area (Å²) < 4.78 is 46.0. The van der Waals surface area contributed by atoms with Gasteiger partial charge in [-0.05, 0) is 80.3 Å². The quantitative estimate of drug-likeness (QED) is 0.183. The zero-order valence-corrected chi connectivity index (χ0v) is 30.0. The number of carbonyl (C=O) groups excluding carboxylic acids is 2. The van der Waals surface area contributed by atoms with Gasteiger partial charge in [0.2, 0.25) is 11.8 Å². The second kappa shape index (κ2) is 17.1. The fraction of sp³-hybridized carbons (Fsp3) is 0.429. The standard InChI is InChI=1S/C35H43Cl2N3O7S/c1-5-31(35(42)38-26-10-8-7-9-11-26)39(22-24-12-13-25(36)20-30(24)37)34(41)23-40(27-14-16-28(17-15-27)47-6-2)48(43,44)29-18-19-32(45-3)33(21-29)46-4/h12-21,26,31H,5-11,22-23H2,1-4H3,(H,38,42)/t31-/m0/s1. The van der Waals surface area contributed by atoms with Crippen LogP contribution in [-0.2, 0) is 26.2 Å². The monoisotopic (exact) mass is 719 g/mol. The molecule has 1 atom stereocenters. The number of nitrogens with one attached hydrogen (secondary N) is 1. The summed E-state index contributed by atoms with van der Waals surface area (Å²) in [6.07, 6.45) is 5.20. The highest BCUT2D eigenvalue weighted by molar-refractivity contribution is 7.92. The van der Waals surface area contributed by atoms with Gasteiger partial charge < -0.3 is 24.4 Å². The Kier molecular flexibility index (Phi) is 13.3. The zero-order valence-electron chi connectivity index (χ0n) is 27.7. The van der Waals surface area contributed by atoms with Crippen molar-refractivity contribution in [1.29, 1.82) is 0 Å². The van der Waals surface area contributed by atoms with Gasteiger partial charge in [-0.2, -0.15) is 0 Å². The Balaban J connectivity index is 1.76. The second-order valence-electron chi connectivity index (χ2n) is 11.5. The summed E-state index contributed by atoms with van der Waals surface area (Å²) in [5, 5.41) is 3.88. The number of methoxy groups -OCH3 is 2. The van der Waals surface area contributed by atoms with E-state index in [1.807, 2.05) is 13.8 Å². The first-order chi connectivity index (χ1) is 23.0. The van der Waals surface area contributed by atoms with E-state index in [0.29, 0.717) is 40.1 Å². The molecule has 10 nitrogen and oxygen atoms in total. The van der Waals surface area contributed by atoms with Crippen molar-refractivity contribution in [3.8, 4) is 17.2 Å². The predicted molar refractivity (Wildman–Crippen MR) is 188 cm³/mol. The van der Waals surface area contributed by atoms with Crippen LogP contribution < -0.4 is 23.8 Å². The smallest absolute Gasteiger partial charge is 0.264 e. The number of sulfonamides is 1.